The van der Waals surface area contributed by atoms with E-state index in [9.17, 15) is 0 Å². The normalized spacial score (nSPS) is 17.0. The van der Waals surface area contributed by atoms with Gasteiger partial charge < -0.3 is 14.8 Å². The predicted molar refractivity (Wildman–Crippen MR) is 87.3 cm³/mol. The number of fused-ring (bicyclic) bond motifs is 1. The topological polar surface area (TPSA) is 61.2 Å². The van der Waals surface area contributed by atoms with Crippen LogP contribution < -0.4 is 10.1 Å². The molecule has 0 aliphatic carbocycles. The summed E-state index contributed by atoms with van der Waals surface area (Å²) < 4.78 is 12.9. The summed E-state index contributed by atoms with van der Waals surface area (Å²) in [5.74, 6) is 1.97. The van der Waals surface area contributed by atoms with Crippen molar-refractivity contribution in [3.05, 3.63) is 41.5 Å². The molecule has 1 aromatic heterocycles. The molecule has 6 nitrogen and oxygen atoms in total. The van der Waals surface area contributed by atoms with Crippen molar-refractivity contribution in [2.45, 2.75) is 45.5 Å². The van der Waals surface area contributed by atoms with Crippen LogP contribution in [0.4, 0.5) is 0 Å². The third-order valence-electron chi connectivity index (χ3n) is 4.21. The Bertz CT molecular complexity index is 641. The van der Waals surface area contributed by atoms with Crippen LogP contribution in [0.5, 0.6) is 5.75 Å². The van der Waals surface area contributed by atoms with Gasteiger partial charge in [0.2, 0.25) is 0 Å². The summed E-state index contributed by atoms with van der Waals surface area (Å²) in [4.78, 5) is 4.27. The number of aromatic nitrogens is 3. The van der Waals surface area contributed by atoms with Gasteiger partial charge in [-0.05, 0) is 31.0 Å². The van der Waals surface area contributed by atoms with Gasteiger partial charge in [0.05, 0.1) is 20.3 Å². The van der Waals surface area contributed by atoms with Crippen molar-refractivity contribution in [1.82, 2.24) is 20.1 Å². The van der Waals surface area contributed by atoms with Crippen molar-refractivity contribution in [2.75, 3.05) is 13.7 Å². The van der Waals surface area contributed by atoms with Crippen molar-refractivity contribution in [3.8, 4) is 5.75 Å². The molecule has 0 amide bonds. The molecule has 2 heterocycles. The van der Waals surface area contributed by atoms with E-state index in [2.05, 4.69) is 27.5 Å². The highest BCUT2D eigenvalue weighted by atomic mass is 16.5. The lowest BCUT2D eigenvalue weighted by Gasteiger charge is -2.24. The molecule has 0 radical (unpaired) electrons. The average molecular weight is 316 g/mol. The third kappa shape index (κ3) is 3.89. The second kappa shape index (κ2) is 7.57. The fraction of sp³-hybridized carbons (Fsp3) is 0.529. The van der Waals surface area contributed by atoms with Gasteiger partial charge in [-0.1, -0.05) is 6.07 Å². The molecule has 0 bridgehead atoms. The molecule has 124 valence electrons. The van der Waals surface area contributed by atoms with Gasteiger partial charge in [0.25, 0.3) is 0 Å². The van der Waals surface area contributed by atoms with E-state index in [1.165, 1.54) is 5.56 Å². The monoisotopic (exact) mass is 316 g/mol. The Balaban J connectivity index is 1.60. The van der Waals surface area contributed by atoms with Crippen LogP contribution in [0.25, 0.3) is 0 Å². The number of nitrogens with zero attached hydrogens (tertiary/aromatic N) is 3. The molecule has 0 saturated heterocycles. The molecule has 23 heavy (non-hydrogen) atoms. The highest BCUT2D eigenvalue weighted by molar-refractivity contribution is 5.37. The maximum absolute atomic E-state index is 5.52. The second-order valence-corrected chi connectivity index (χ2v) is 5.76. The lowest BCUT2D eigenvalue weighted by Crippen LogP contribution is -2.37. The molecule has 2 aromatic rings. The van der Waals surface area contributed by atoms with Gasteiger partial charge in [-0.2, -0.15) is 5.10 Å². The molecule has 0 saturated carbocycles. The number of aryl methyl sites for hydroxylation is 1. The Hall–Kier alpha value is -1.92. The fourth-order valence-electron chi connectivity index (χ4n) is 2.93. The Morgan fingerprint density at radius 1 is 1.39 bits per heavy atom. The van der Waals surface area contributed by atoms with E-state index in [1.54, 1.807) is 13.4 Å². The van der Waals surface area contributed by atoms with Gasteiger partial charge in [0.15, 0.2) is 0 Å². The number of nitrogens with one attached hydrogen (secondary N) is 1. The van der Waals surface area contributed by atoms with E-state index < -0.39 is 0 Å². The predicted octanol–water partition coefficient (Wildman–Crippen LogP) is 1.93. The van der Waals surface area contributed by atoms with Crippen LogP contribution in [0.15, 0.2) is 24.5 Å². The van der Waals surface area contributed by atoms with Gasteiger partial charge in [-0.3, -0.25) is 0 Å². The number of benzene rings is 1. The second-order valence-electron chi connectivity index (χ2n) is 5.76. The Kier molecular flexibility index (Phi) is 5.25. The van der Waals surface area contributed by atoms with Crippen LogP contribution in [0.3, 0.4) is 0 Å². The van der Waals surface area contributed by atoms with Crippen LogP contribution in [0.1, 0.15) is 30.3 Å². The first-order chi connectivity index (χ1) is 11.3. The summed E-state index contributed by atoms with van der Waals surface area (Å²) in [6, 6.07) is 6.71. The van der Waals surface area contributed by atoms with E-state index >= 15 is 0 Å². The minimum atomic E-state index is 0.432. The average Bonchev–Trinajstić information content (AvgIpc) is 3.05. The van der Waals surface area contributed by atoms with Crippen LogP contribution in [0, 0.1) is 0 Å². The van der Waals surface area contributed by atoms with Crippen molar-refractivity contribution in [2.24, 2.45) is 0 Å². The summed E-state index contributed by atoms with van der Waals surface area (Å²) in [7, 11) is 1.69. The van der Waals surface area contributed by atoms with Crippen LogP contribution in [-0.4, -0.2) is 34.5 Å². The molecule has 1 N–H and O–H groups in total. The number of hydrogen-bond acceptors (Lipinski definition) is 5. The molecule has 1 atom stereocenters. The Labute approximate surface area is 136 Å². The lowest BCUT2D eigenvalue weighted by atomic mass is 10.1. The molecule has 0 spiro atoms. The number of methoxy groups -OCH3 is 1. The lowest BCUT2D eigenvalue weighted by molar-refractivity contribution is 0.132. The molecule has 1 aromatic carbocycles. The highest BCUT2D eigenvalue weighted by Crippen LogP contribution is 2.21. The molecular formula is C17H24N4O2. The summed E-state index contributed by atoms with van der Waals surface area (Å²) >= 11 is 0. The zero-order chi connectivity index (χ0) is 16.1. The number of ether oxygens (including phenoxy) is 2. The highest BCUT2D eigenvalue weighted by Gasteiger charge is 2.19. The van der Waals surface area contributed by atoms with Gasteiger partial charge in [0.1, 0.15) is 17.9 Å². The number of hydrogen-bond donors (Lipinski definition) is 1. The minimum Gasteiger partial charge on any atom is -0.496 e. The van der Waals surface area contributed by atoms with E-state index in [4.69, 9.17) is 9.47 Å². The Morgan fingerprint density at radius 2 is 2.30 bits per heavy atom. The molecule has 3 rings (SSSR count). The molecule has 1 aliphatic rings. The van der Waals surface area contributed by atoms with Crippen molar-refractivity contribution >= 4 is 0 Å². The minimum absolute atomic E-state index is 0.432. The van der Waals surface area contributed by atoms with E-state index in [0.29, 0.717) is 19.3 Å². The van der Waals surface area contributed by atoms with Gasteiger partial charge in [0, 0.05) is 31.2 Å². The maximum atomic E-state index is 5.52. The summed E-state index contributed by atoms with van der Waals surface area (Å²) in [5, 5.41) is 7.88. The summed E-state index contributed by atoms with van der Waals surface area (Å²) in [6.07, 6.45) is 3.72. The van der Waals surface area contributed by atoms with Crippen molar-refractivity contribution < 1.29 is 9.47 Å². The SMILES string of the molecule is CCOCc1cc(CN[C@@H]2CCc3ncnn3C2)ccc1OC. The standard InChI is InChI=1S/C17H24N4O2/c1-3-23-11-14-8-13(4-6-16(14)22-2)9-18-15-5-7-17-19-12-20-21(17)10-15/h4,6,8,12,15,18H,3,5,7,9-11H2,1-2H3/t15-/m1/s1. The third-order valence-corrected chi connectivity index (χ3v) is 4.21. The summed E-state index contributed by atoms with van der Waals surface area (Å²) in [5.41, 5.74) is 2.33. The number of rotatable bonds is 7. The quantitative estimate of drug-likeness (QED) is 0.846. The molecule has 1 aliphatic heterocycles. The summed E-state index contributed by atoms with van der Waals surface area (Å²) in [6.45, 7) is 5.00. The molecule has 0 unspecified atom stereocenters. The zero-order valence-corrected chi connectivity index (χ0v) is 13.8. The first-order valence-electron chi connectivity index (χ1n) is 8.13. The Morgan fingerprint density at radius 3 is 3.13 bits per heavy atom. The molecular weight excluding hydrogens is 292 g/mol. The zero-order valence-electron chi connectivity index (χ0n) is 13.8. The van der Waals surface area contributed by atoms with E-state index in [1.807, 2.05) is 17.7 Å². The van der Waals surface area contributed by atoms with Gasteiger partial charge in [-0.15, -0.1) is 0 Å². The first kappa shape index (κ1) is 16.0. The van der Waals surface area contributed by atoms with Crippen molar-refractivity contribution in [3.63, 3.8) is 0 Å². The van der Waals surface area contributed by atoms with Gasteiger partial charge in [-0.25, -0.2) is 9.67 Å². The van der Waals surface area contributed by atoms with Crippen LogP contribution >= 0.6 is 0 Å². The van der Waals surface area contributed by atoms with Crippen LogP contribution in [0.2, 0.25) is 0 Å². The first-order valence-corrected chi connectivity index (χ1v) is 8.13. The van der Waals surface area contributed by atoms with Gasteiger partial charge >= 0.3 is 0 Å². The van der Waals surface area contributed by atoms with E-state index in [-0.39, 0.29) is 0 Å². The van der Waals surface area contributed by atoms with Crippen molar-refractivity contribution in [1.29, 1.82) is 0 Å². The van der Waals surface area contributed by atoms with Crippen LogP contribution in [-0.2, 0) is 30.9 Å². The van der Waals surface area contributed by atoms with E-state index in [0.717, 1.165) is 43.1 Å². The smallest absolute Gasteiger partial charge is 0.138 e. The molecule has 6 heteroatoms. The molecule has 0 fully saturated rings. The fourth-order valence-corrected chi connectivity index (χ4v) is 2.93. The largest absolute Gasteiger partial charge is 0.496 e. The maximum Gasteiger partial charge on any atom is 0.138 e.